The molecule has 0 spiro atoms. The summed E-state index contributed by atoms with van der Waals surface area (Å²) < 4.78 is 14.1. The third kappa shape index (κ3) is 2.34. The second-order valence-electron chi connectivity index (χ2n) is 3.87. The number of thiazole rings is 1. The van der Waals surface area contributed by atoms with Gasteiger partial charge < -0.3 is 16.4 Å². The number of hydrogen-bond acceptors (Lipinski definition) is 5. The van der Waals surface area contributed by atoms with Gasteiger partial charge in [0.05, 0.1) is 34.8 Å². The normalized spacial score (nSPS) is 10.6. The van der Waals surface area contributed by atoms with Crippen molar-refractivity contribution in [2.45, 2.75) is 6.54 Å². The molecule has 0 unspecified atom stereocenters. The summed E-state index contributed by atoms with van der Waals surface area (Å²) in [7, 11) is 1.72. The van der Waals surface area contributed by atoms with E-state index in [2.05, 4.69) is 4.98 Å². The molecule has 0 atom stereocenters. The van der Waals surface area contributed by atoms with Crippen molar-refractivity contribution in [1.82, 2.24) is 4.98 Å². The Labute approximate surface area is 113 Å². The van der Waals surface area contributed by atoms with E-state index in [-0.39, 0.29) is 22.1 Å². The monoisotopic (exact) mass is 286 g/mol. The molecule has 0 aliphatic carbocycles. The van der Waals surface area contributed by atoms with Gasteiger partial charge in [-0.1, -0.05) is 11.6 Å². The van der Waals surface area contributed by atoms with E-state index in [0.29, 0.717) is 6.54 Å². The molecule has 0 amide bonds. The van der Waals surface area contributed by atoms with Crippen molar-refractivity contribution in [2.75, 3.05) is 23.4 Å². The van der Waals surface area contributed by atoms with Crippen molar-refractivity contribution < 1.29 is 4.39 Å². The van der Waals surface area contributed by atoms with Crippen molar-refractivity contribution in [3.63, 3.8) is 0 Å². The Morgan fingerprint density at radius 1 is 1.44 bits per heavy atom. The molecule has 96 valence electrons. The van der Waals surface area contributed by atoms with Gasteiger partial charge in [0.15, 0.2) is 5.82 Å². The number of nitrogens with zero attached hydrogens (tertiary/aromatic N) is 2. The number of anilines is 3. The van der Waals surface area contributed by atoms with E-state index >= 15 is 0 Å². The molecule has 0 fully saturated rings. The molecule has 18 heavy (non-hydrogen) atoms. The first-order chi connectivity index (χ1) is 8.50. The molecule has 7 heteroatoms. The fourth-order valence-corrected chi connectivity index (χ4v) is 2.38. The Balaban J connectivity index is 2.36. The fraction of sp³-hybridized carbons (Fsp3) is 0.182. The highest BCUT2D eigenvalue weighted by Crippen LogP contribution is 2.36. The van der Waals surface area contributed by atoms with Crippen LogP contribution in [-0.2, 0) is 6.54 Å². The van der Waals surface area contributed by atoms with Crippen molar-refractivity contribution in [2.24, 2.45) is 0 Å². The summed E-state index contributed by atoms with van der Waals surface area (Å²) in [6, 6.07) is 1.46. The van der Waals surface area contributed by atoms with Gasteiger partial charge >= 0.3 is 0 Å². The third-order valence-corrected chi connectivity index (χ3v) is 3.52. The number of benzene rings is 1. The molecular weight excluding hydrogens is 275 g/mol. The van der Waals surface area contributed by atoms with Crippen molar-refractivity contribution >= 4 is 40.0 Å². The predicted octanol–water partition coefficient (Wildman–Crippen LogP) is 2.74. The van der Waals surface area contributed by atoms with Gasteiger partial charge in [-0.2, -0.15) is 0 Å². The Morgan fingerprint density at radius 3 is 2.78 bits per heavy atom. The van der Waals surface area contributed by atoms with Crippen LogP contribution < -0.4 is 16.4 Å². The maximum atomic E-state index is 14.1. The van der Waals surface area contributed by atoms with E-state index < -0.39 is 5.82 Å². The molecule has 0 bridgehead atoms. The van der Waals surface area contributed by atoms with Crippen LogP contribution >= 0.6 is 22.9 Å². The number of aromatic nitrogens is 1. The zero-order chi connectivity index (χ0) is 13.3. The first-order valence-electron chi connectivity index (χ1n) is 5.12. The van der Waals surface area contributed by atoms with E-state index in [0.717, 1.165) is 5.69 Å². The highest BCUT2D eigenvalue weighted by Gasteiger charge is 2.18. The van der Waals surface area contributed by atoms with Crippen LogP contribution in [0.25, 0.3) is 0 Å². The maximum absolute atomic E-state index is 14.1. The molecule has 0 aliphatic heterocycles. The van der Waals surface area contributed by atoms with Crippen molar-refractivity contribution in [3.8, 4) is 0 Å². The topological polar surface area (TPSA) is 68.2 Å². The van der Waals surface area contributed by atoms with Gasteiger partial charge in [-0.25, -0.2) is 9.37 Å². The average molecular weight is 287 g/mol. The summed E-state index contributed by atoms with van der Waals surface area (Å²) in [5, 5.41) is 1.79. The minimum Gasteiger partial charge on any atom is -0.397 e. The summed E-state index contributed by atoms with van der Waals surface area (Å²) in [5.74, 6) is -0.605. The van der Waals surface area contributed by atoms with Gasteiger partial charge in [0.2, 0.25) is 0 Å². The predicted molar refractivity (Wildman–Crippen MR) is 74.5 cm³/mol. The summed E-state index contributed by atoms with van der Waals surface area (Å²) in [6.07, 6.45) is 0. The van der Waals surface area contributed by atoms with Crippen molar-refractivity contribution in [1.29, 1.82) is 0 Å². The zero-order valence-electron chi connectivity index (χ0n) is 9.65. The van der Waals surface area contributed by atoms with E-state index in [1.807, 2.05) is 5.38 Å². The Hall–Kier alpha value is -1.53. The summed E-state index contributed by atoms with van der Waals surface area (Å²) in [4.78, 5) is 5.79. The average Bonchev–Trinajstić information content (AvgIpc) is 2.78. The third-order valence-electron chi connectivity index (χ3n) is 2.50. The molecule has 1 aromatic heterocycles. The highest BCUT2D eigenvalue weighted by atomic mass is 35.5. The van der Waals surface area contributed by atoms with Gasteiger partial charge in [0, 0.05) is 12.4 Å². The number of nitrogens with two attached hydrogens (primary N) is 2. The van der Waals surface area contributed by atoms with Crippen LogP contribution in [-0.4, -0.2) is 12.0 Å². The first kappa shape index (κ1) is 12.9. The van der Waals surface area contributed by atoms with E-state index in [4.69, 9.17) is 23.1 Å². The van der Waals surface area contributed by atoms with Gasteiger partial charge in [-0.3, -0.25) is 0 Å². The molecule has 4 nitrogen and oxygen atoms in total. The molecule has 1 aromatic carbocycles. The number of rotatable bonds is 3. The van der Waals surface area contributed by atoms with Gasteiger partial charge in [0.1, 0.15) is 5.02 Å². The Kier molecular flexibility index (Phi) is 3.58. The minimum atomic E-state index is -0.605. The summed E-state index contributed by atoms with van der Waals surface area (Å²) in [5.41, 5.74) is 14.5. The summed E-state index contributed by atoms with van der Waals surface area (Å²) >= 11 is 7.27. The quantitative estimate of drug-likeness (QED) is 0.851. The zero-order valence-corrected chi connectivity index (χ0v) is 11.2. The van der Waals surface area contributed by atoms with Crippen LogP contribution in [0.3, 0.4) is 0 Å². The number of nitrogen functional groups attached to an aromatic ring is 2. The Morgan fingerprint density at radius 2 is 2.17 bits per heavy atom. The minimum absolute atomic E-state index is 0.107. The molecule has 2 rings (SSSR count). The molecule has 0 saturated carbocycles. The lowest BCUT2D eigenvalue weighted by molar-refractivity contribution is 0.623. The Bertz CT molecular complexity index is 559. The van der Waals surface area contributed by atoms with Crippen LogP contribution in [0, 0.1) is 5.82 Å². The highest BCUT2D eigenvalue weighted by molar-refractivity contribution is 7.07. The maximum Gasteiger partial charge on any atom is 0.169 e. The summed E-state index contributed by atoms with van der Waals surface area (Å²) in [6.45, 7) is 0.449. The molecule has 0 radical (unpaired) electrons. The van der Waals surface area contributed by atoms with Gasteiger partial charge in [0.25, 0.3) is 0 Å². The van der Waals surface area contributed by atoms with Crippen LogP contribution in [0.5, 0.6) is 0 Å². The standard InChI is InChI=1S/C11H12ClFN4S/c1-17(3-6-4-18-5-16-6)11-8(15)2-7(14)9(12)10(11)13/h2,4-5H,3,14-15H2,1H3. The van der Waals surface area contributed by atoms with Gasteiger partial charge in [-0.05, 0) is 6.07 Å². The van der Waals surface area contributed by atoms with Crippen LogP contribution in [0.2, 0.25) is 5.02 Å². The van der Waals surface area contributed by atoms with Crippen LogP contribution in [0.1, 0.15) is 5.69 Å². The van der Waals surface area contributed by atoms with E-state index in [1.165, 1.54) is 17.4 Å². The van der Waals surface area contributed by atoms with Crippen molar-refractivity contribution in [3.05, 3.63) is 33.5 Å². The van der Waals surface area contributed by atoms with Crippen LogP contribution in [0.4, 0.5) is 21.5 Å². The molecule has 1 heterocycles. The lowest BCUT2D eigenvalue weighted by Crippen LogP contribution is -2.20. The molecule has 0 aliphatic rings. The second kappa shape index (κ2) is 4.99. The van der Waals surface area contributed by atoms with Crippen LogP contribution in [0.15, 0.2) is 17.0 Å². The van der Waals surface area contributed by atoms with E-state index in [9.17, 15) is 4.39 Å². The molecule has 0 saturated heterocycles. The lowest BCUT2D eigenvalue weighted by Gasteiger charge is -2.21. The smallest absolute Gasteiger partial charge is 0.169 e. The fourth-order valence-electron chi connectivity index (χ4n) is 1.68. The number of hydrogen-bond donors (Lipinski definition) is 2. The SMILES string of the molecule is CN(Cc1cscn1)c1c(N)cc(N)c(Cl)c1F. The first-order valence-corrected chi connectivity index (χ1v) is 6.44. The lowest BCUT2D eigenvalue weighted by atomic mass is 10.2. The largest absolute Gasteiger partial charge is 0.397 e. The molecular formula is C11H12ClFN4S. The molecule has 4 N–H and O–H groups in total. The van der Waals surface area contributed by atoms with E-state index in [1.54, 1.807) is 17.5 Å². The molecule has 2 aromatic rings. The second-order valence-corrected chi connectivity index (χ2v) is 4.96. The van der Waals surface area contributed by atoms with Gasteiger partial charge in [-0.15, -0.1) is 11.3 Å². The number of halogens is 2.